The standard InChI is InChI=1S/C15H21NOS/c1-4-9-17-15-8-7-14(12(2)13(15)3)6-5-10-18-11-16/h7-8H,4-6,9-10H2,1-3H3. The lowest BCUT2D eigenvalue weighted by Gasteiger charge is -2.14. The number of thiocyanates is 1. The van der Waals surface area contributed by atoms with Crippen molar-refractivity contribution in [3.63, 3.8) is 0 Å². The molecular formula is C15H21NOS. The lowest BCUT2D eigenvalue weighted by molar-refractivity contribution is 0.315. The highest BCUT2D eigenvalue weighted by Crippen LogP contribution is 2.25. The molecule has 0 unspecified atom stereocenters. The first-order valence-corrected chi connectivity index (χ1v) is 7.42. The van der Waals surface area contributed by atoms with Gasteiger partial charge in [-0.15, -0.1) is 0 Å². The molecule has 0 N–H and O–H groups in total. The van der Waals surface area contributed by atoms with Gasteiger partial charge >= 0.3 is 0 Å². The maximum Gasteiger partial charge on any atom is 0.133 e. The molecule has 1 rings (SSSR count). The first-order valence-electron chi connectivity index (χ1n) is 6.43. The molecule has 0 saturated carbocycles. The van der Waals surface area contributed by atoms with Crippen LogP contribution in [-0.4, -0.2) is 12.4 Å². The van der Waals surface area contributed by atoms with E-state index in [-0.39, 0.29) is 0 Å². The molecule has 0 aromatic heterocycles. The summed E-state index contributed by atoms with van der Waals surface area (Å²) in [6, 6.07) is 4.23. The van der Waals surface area contributed by atoms with Crippen LogP contribution in [0.1, 0.15) is 36.5 Å². The fourth-order valence-electron chi connectivity index (χ4n) is 1.87. The molecule has 3 heteroatoms. The highest BCUT2D eigenvalue weighted by Gasteiger charge is 2.07. The summed E-state index contributed by atoms with van der Waals surface area (Å²) in [5.74, 6) is 1.91. The number of ether oxygens (including phenoxy) is 1. The summed E-state index contributed by atoms with van der Waals surface area (Å²) in [5.41, 5.74) is 3.94. The highest BCUT2D eigenvalue weighted by atomic mass is 32.2. The average Bonchev–Trinajstić information content (AvgIpc) is 2.38. The predicted molar refractivity (Wildman–Crippen MR) is 78.1 cm³/mol. The van der Waals surface area contributed by atoms with E-state index in [2.05, 4.69) is 38.3 Å². The number of nitriles is 1. The molecule has 1 aromatic rings. The van der Waals surface area contributed by atoms with E-state index < -0.39 is 0 Å². The maximum atomic E-state index is 8.48. The Morgan fingerprint density at radius 2 is 2.06 bits per heavy atom. The number of thioether (sulfide) groups is 1. The summed E-state index contributed by atoms with van der Waals surface area (Å²) >= 11 is 1.33. The topological polar surface area (TPSA) is 33.0 Å². The van der Waals surface area contributed by atoms with Crippen molar-refractivity contribution in [3.8, 4) is 11.2 Å². The summed E-state index contributed by atoms with van der Waals surface area (Å²) in [5, 5.41) is 10.6. The van der Waals surface area contributed by atoms with Gasteiger partial charge in [-0.2, -0.15) is 5.26 Å². The normalized spacial score (nSPS) is 10.1. The van der Waals surface area contributed by atoms with Gasteiger partial charge in [-0.3, -0.25) is 0 Å². The Labute approximate surface area is 114 Å². The average molecular weight is 263 g/mol. The lowest BCUT2D eigenvalue weighted by atomic mass is 9.99. The molecule has 2 nitrogen and oxygen atoms in total. The molecule has 0 saturated heterocycles. The monoisotopic (exact) mass is 263 g/mol. The second kappa shape index (κ2) is 8.05. The molecule has 0 radical (unpaired) electrons. The lowest BCUT2D eigenvalue weighted by Crippen LogP contribution is -2.01. The van der Waals surface area contributed by atoms with Crippen molar-refractivity contribution >= 4 is 11.8 Å². The van der Waals surface area contributed by atoms with Gasteiger partial charge in [0.1, 0.15) is 11.2 Å². The number of rotatable bonds is 7. The van der Waals surface area contributed by atoms with E-state index in [1.807, 2.05) is 0 Å². The van der Waals surface area contributed by atoms with Crippen molar-refractivity contribution < 1.29 is 4.74 Å². The highest BCUT2D eigenvalue weighted by molar-refractivity contribution is 8.03. The number of aryl methyl sites for hydroxylation is 1. The van der Waals surface area contributed by atoms with Crippen molar-refractivity contribution in [2.75, 3.05) is 12.4 Å². The fourth-order valence-corrected chi connectivity index (χ4v) is 2.25. The Morgan fingerprint density at radius 1 is 1.28 bits per heavy atom. The van der Waals surface area contributed by atoms with Crippen molar-refractivity contribution in [2.24, 2.45) is 0 Å². The van der Waals surface area contributed by atoms with E-state index in [4.69, 9.17) is 10.00 Å². The predicted octanol–water partition coefficient (Wildman–Crippen LogP) is 4.24. The zero-order chi connectivity index (χ0) is 13.4. The molecule has 0 fully saturated rings. The Kier molecular flexibility index (Phi) is 6.67. The SMILES string of the molecule is CCCOc1ccc(CCCSC#N)c(C)c1C. The minimum Gasteiger partial charge on any atom is -0.493 e. The summed E-state index contributed by atoms with van der Waals surface area (Å²) in [7, 11) is 0. The summed E-state index contributed by atoms with van der Waals surface area (Å²) in [4.78, 5) is 0. The van der Waals surface area contributed by atoms with Crippen molar-refractivity contribution in [3.05, 3.63) is 28.8 Å². The van der Waals surface area contributed by atoms with Gasteiger partial charge in [0, 0.05) is 5.75 Å². The second-order valence-electron chi connectivity index (χ2n) is 4.36. The second-order valence-corrected chi connectivity index (χ2v) is 5.24. The molecule has 0 atom stereocenters. The van der Waals surface area contributed by atoms with Crippen LogP contribution < -0.4 is 4.74 Å². The van der Waals surface area contributed by atoms with Gasteiger partial charge in [-0.05, 0) is 67.6 Å². The Bertz CT molecular complexity index is 423. The van der Waals surface area contributed by atoms with E-state index in [9.17, 15) is 0 Å². The van der Waals surface area contributed by atoms with Crippen LogP contribution in [0.3, 0.4) is 0 Å². The van der Waals surface area contributed by atoms with E-state index >= 15 is 0 Å². The summed E-state index contributed by atoms with van der Waals surface area (Å²) < 4.78 is 5.72. The van der Waals surface area contributed by atoms with E-state index in [1.54, 1.807) is 0 Å². The van der Waals surface area contributed by atoms with E-state index in [1.165, 1.54) is 28.5 Å². The number of hydrogen-bond acceptors (Lipinski definition) is 3. The van der Waals surface area contributed by atoms with Crippen LogP contribution in [0.5, 0.6) is 5.75 Å². The molecule has 1 aromatic carbocycles. The van der Waals surface area contributed by atoms with Crippen LogP contribution in [0.25, 0.3) is 0 Å². The number of hydrogen-bond donors (Lipinski definition) is 0. The molecule has 0 aliphatic heterocycles. The Hall–Kier alpha value is -1.14. The fraction of sp³-hybridized carbons (Fsp3) is 0.533. The van der Waals surface area contributed by atoms with Gasteiger partial charge in [0.25, 0.3) is 0 Å². The number of nitrogens with zero attached hydrogens (tertiary/aromatic N) is 1. The van der Waals surface area contributed by atoms with Crippen LogP contribution in [0, 0.1) is 24.5 Å². The van der Waals surface area contributed by atoms with Crippen LogP contribution in [0.15, 0.2) is 12.1 Å². The minimum absolute atomic E-state index is 0.776. The van der Waals surface area contributed by atoms with Crippen LogP contribution >= 0.6 is 11.8 Å². The van der Waals surface area contributed by atoms with Crippen LogP contribution in [0.4, 0.5) is 0 Å². The molecule has 0 aliphatic carbocycles. The Balaban J connectivity index is 2.65. The van der Waals surface area contributed by atoms with E-state index in [0.29, 0.717) is 0 Å². The summed E-state index contributed by atoms with van der Waals surface area (Å²) in [6.45, 7) is 7.16. The first kappa shape index (κ1) is 14.9. The molecule has 0 aliphatic rings. The zero-order valence-corrected chi connectivity index (χ0v) is 12.3. The van der Waals surface area contributed by atoms with Gasteiger partial charge < -0.3 is 4.74 Å². The van der Waals surface area contributed by atoms with Crippen LogP contribution in [0.2, 0.25) is 0 Å². The van der Waals surface area contributed by atoms with Gasteiger partial charge in [0.05, 0.1) is 6.61 Å². The molecule has 0 bridgehead atoms. The molecule has 0 amide bonds. The minimum atomic E-state index is 0.776. The quantitative estimate of drug-likeness (QED) is 0.545. The zero-order valence-electron chi connectivity index (χ0n) is 11.5. The van der Waals surface area contributed by atoms with Crippen molar-refractivity contribution in [1.29, 1.82) is 5.26 Å². The van der Waals surface area contributed by atoms with Crippen molar-refractivity contribution in [2.45, 2.75) is 40.0 Å². The molecular weight excluding hydrogens is 242 g/mol. The van der Waals surface area contributed by atoms with Crippen molar-refractivity contribution in [1.82, 2.24) is 0 Å². The van der Waals surface area contributed by atoms with Gasteiger partial charge in [0.15, 0.2) is 0 Å². The van der Waals surface area contributed by atoms with Gasteiger partial charge in [0.2, 0.25) is 0 Å². The molecule has 98 valence electrons. The third kappa shape index (κ3) is 4.27. The molecule has 18 heavy (non-hydrogen) atoms. The number of benzene rings is 1. The van der Waals surface area contributed by atoms with E-state index in [0.717, 1.165) is 37.4 Å². The molecule has 0 spiro atoms. The maximum absolute atomic E-state index is 8.48. The smallest absolute Gasteiger partial charge is 0.133 e. The largest absolute Gasteiger partial charge is 0.493 e. The third-order valence-electron chi connectivity index (χ3n) is 3.07. The summed E-state index contributed by atoms with van der Waals surface area (Å²) in [6.07, 6.45) is 3.12. The van der Waals surface area contributed by atoms with Crippen LogP contribution in [-0.2, 0) is 6.42 Å². The molecule has 0 heterocycles. The van der Waals surface area contributed by atoms with Gasteiger partial charge in [-0.1, -0.05) is 13.0 Å². The first-order chi connectivity index (χ1) is 8.70. The third-order valence-corrected chi connectivity index (χ3v) is 3.69. The van der Waals surface area contributed by atoms with Gasteiger partial charge in [-0.25, -0.2) is 0 Å². The Morgan fingerprint density at radius 3 is 2.72 bits per heavy atom.